The summed E-state index contributed by atoms with van der Waals surface area (Å²) in [6.45, 7) is -0.490. The van der Waals surface area contributed by atoms with Gasteiger partial charge in [-0.2, -0.15) is 4.31 Å². The Bertz CT molecular complexity index is 721. The molecule has 1 amide bonds. The number of aliphatic carboxylic acids is 1. The molecule has 0 aliphatic carbocycles. The standard InChI is InChI=1S/C14H17FN2O6S/c15-9-1-3-11(4-2-9)24(22,23)17-8-10(18)7-12(17)14(21)16-6-5-13(19)20/h1-4,10,12,18H,5-8H2,(H,16,21)(H,19,20)/p-1/t10-,12-/m0/s1. The first kappa shape index (κ1) is 18.3. The van der Waals surface area contributed by atoms with Gasteiger partial charge in [-0.05, 0) is 24.3 Å². The van der Waals surface area contributed by atoms with Gasteiger partial charge >= 0.3 is 0 Å². The maximum Gasteiger partial charge on any atom is 0.243 e. The Balaban J connectivity index is 2.18. The Morgan fingerprint density at radius 3 is 2.54 bits per heavy atom. The Kier molecular flexibility index (Phi) is 5.52. The van der Waals surface area contributed by atoms with E-state index in [-0.39, 0.29) is 24.4 Å². The van der Waals surface area contributed by atoms with Gasteiger partial charge in [0.05, 0.1) is 11.0 Å². The van der Waals surface area contributed by atoms with Crippen LogP contribution in [0.5, 0.6) is 0 Å². The molecular weight excluding hydrogens is 343 g/mol. The number of hydrogen-bond acceptors (Lipinski definition) is 6. The summed E-state index contributed by atoms with van der Waals surface area (Å²) in [5, 5.41) is 22.4. The zero-order chi connectivity index (χ0) is 17.9. The van der Waals surface area contributed by atoms with Crippen LogP contribution >= 0.6 is 0 Å². The lowest BCUT2D eigenvalue weighted by Gasteiger charge is -2.23. The number of carboxylic acid groups (broad SMARTS) is 1. The third kappa shape index (κ3) is 4.08. The number of aliphatic hydroxyl groups excluding tert-OH is 1. The normalized spacial score (nSPS) is 21.6. The number of nitrogens with zero attached hydrogens (tertiary/aromatic N) is 1. The molecule has 132 valence electrons. The predicted octanol–water partition coefficient (Wildman–Crippen LogP) is -1.79. The molecule has 1 saturated heterocycles. The molecule has 2 N–H and O–H groups in total. The van der Waals surface area contributed by atoms with Gasteiger partial charge in [0, 0.05) is 31.9 Å². The summed E-state index contributed by atoms with van der Waals surface area (Å²) in [5.74, 6) is -2.66. The topological polar surface area (TPSA) is 127 Å². The van der Waals surface area contributed by atoms with Gasteiger partial charge in [0.1, 0.15) is 11.9 Å². The number of hydrogen-bond donors (Lipinski definition) is 2. The molecule has 10 heteroatoms. The first-order chi connectivity index (χ1) is 11.2. The molecule has 24 heavy (non-hydrogen) atoms. The third-order valence-electron chi connectivity index (χ3n) is 3.58. The number of amides is 1. The van der Waals surface area contributed by atoms with E-state index in [4.69, 9.17) is 0 Å². The van der Waals surface area contributed by atoms with Gasteiger partial charge in [-0.25, -0.2) is 12.8 Å². The second-order valence-electron chi connectivity index (χ2n) is 5.35. The van der Waals surface area contributed by atoms with Crippen molar-refractivity contribution >= 4 is 21.9 Å². The Hall–Kier alpha value is -2.04. The van der Waals surface area contributed by atoms with E-state index in [0.717, 1.165) is 28.6 Å². The minimum Gasteiger partial charge on any atom is -0.550 e. The van der Waals surface area contributed by atoms with Crippen LogP contribution in [-0.4, -0.2) is 54.9 Å². The number of aliphatic hydroxyl groups is 1. The van der Waals surface area contributed by atoms with Crippen LogP contribution in [0.15, 0.2) is 29.2 Å². The van der Waals surface area contributed by atoms with E-state index in [9.17, 15) is 32.6 Å². The minimum atomic E-state index is -4.11. The van der Waals surface area contributed by atoms with Crippen LogP contribution in [-0.2, 0) is 19.6 Å². The molecule has 1 aromatic rings. The third-order valence-corrected chi connectivity index (χ3v) is 5.47. The zero-order valence-corrected chi connectivity index (χ0v) is 13.3. The van der Waals surface area contributed by atoms with Crippen molar-refractivity contribution in [3.8, 4) is 0 Å². The number of carbonyl (C=O) groups is 2. The molecule has 1 fully saturated rings. The second-order valence-corrected chi connectivity index (χ2v) is 7.24. The van der Waals surface area contributed by atoms with Crippen molar-refractivity contribution in [3.05, 3.63) is 30.1 Å². The van der Waals surface area contributed by atoms with Crippen molar-refractivity contribution in [2.75, 3.05) is 13.1 Å². The molecule has 2 rings (SSSR count). The number of halogens is 1. The number of benzene rings is 1. The fourth-order valence-electron chi connectivity index (χ4n) is 2.44. The number of nitrogens with one attached hydrogen (secondary N) is 1. The predicted molar refractivity (Wildman–Crippen MR) is 77.3 cm³/mol. The molecule has 0 saturated carbocycles. The number of carbonyl (C=O) groups excluding carboxylic acids is 2. The SMILES string of the molecule is O=C([O-])CCNC(=O)[C@@H]1C[C@H](O)CN1S(=O)(=O)c1ccc(F)cc1. The molecule has 1 heterocycles. The van der Waals surface area contributed by atoms with Gasteiger partial charge in [0.25, 0.3) is 0 Å². The number of β-amino-alcohol motifs (C(OH)–C–C–N with tert-alkyl or cyclic N) is 1. The lowest BCUT2D eigenvalue weighted by atomic mass is 10.2. The molecule has 0 aromatic heterocycles. The van der Waals surface area contributed by atoms with Crippen molar-refractivity contribution in [3.63, 3.8) is 0 Å². The van der Waals surface area contributed by atoms with Gasteiger partial charge < -0.3 is 20.3 Å². The highest BCUT2D eigenvalue weighted by Crippen LogP contribution is 2.26. The molecule has 0 spiro atoms. The van der Waals surface area contributed by atoms with E-state index in [1.54, 1.807) is 0 Å². The number of carboxylic acids is 1. The molecule has 2 atom stereocenters. The van der Waals surface area contributed by atoms with Crippen molar-refractivity contribution in [2.24, 2.45) is 0 Å². The first-order valence-corrected chi connectivity index (χ1v) is 8.59. The molecule has 0 unspecified atom stereocenters. The van der Waals surface area contributed by atoms with Gasteiger partial charge in [0.15, 0.2) is 0 Å². The van der Waals surface area contributed by atoms with Gasteiger partial charge in [-0.15, -0.1) is 0 Å². The highest BCUT2D eigenvalue weighted by atomic mass is 32.2. The quantitative estimate of drug-likeness (QED) is 0.617. The van der Waals surface area contributed by atoms with Crippen LogP contribution in [0, 0.1) is 5.82 Å². The molecule has 8 nitrogen and oxygen atoms in total. The average molecular weight is 359 g/mol. The zero-order valence-electron chi connectivity index (χ0n) is 12.5. The summed E-state index contributed by atoms with van der Waals surface area (Å²) in [6.07, 6.45) is -1.55. The Morgan fingerprint density at radius 2 is 1.96 bits per heavy atom. The summed E-state index contributed by atoms with van der Waals surface area (Å²) in [5.41, 5.74) is 0. The van der Waals surface area contributed by atoms with E-state index in [0.29, 0.717) is 0 Å². The maximum absolute atomic E-state index is 13.0. The smallest absolute Gasteiger partial charge is 0.243 e. The molecule has 1 aromatic carbocycles. The summed E-state index contributed by atoms with van der Waals surface area (Å²) in [7, 11) is -4.11. The monoisotopic (exact) mass is 359 g/mol. The van der Waals surface area contributed by atoms with Gasteiger partial charge in [-0.1, -0.05) is 0 Å². The Morgan fingerprint density at radius 1 is 1.33 bits per heavy atom. The maximum atomic E-state index is 13.0. The molecular formula is C14H16FN2O6S-. The lowest BCUT2D eigenvalue weighted by molar-refractivity contribution is -0.305. The summed E-state index contributed by atoms with van der Waals surface area (Å²) >= 11 is 0. The van der Waals surface area contributed by atoms with Crippen molar-refractivity contribution in [2.45, 2.75) is 29.9 Å². The van der Waals surface area contributed by atoms with Crippen molar-refractivity contribution in [1.82, 2.24) is 9.62 Å². The molecule has 0 bridgehead atoms. The average Bonchev–Trinajstić information content (AvgIpc) is 2.90. The summed E-state index contributed by atoms with van der Waals surface area (Å²) in [4.78, 5) is 22.3. The highest BCUT2D eigenvalue weighted by Gasteiger charge is 2.43. The van der Waals surface area contributed by atoms with E-state index in [1.165, 1.54) is 0 Å². The number of sulfonamides is 1. The van der Waals surface area contributed by atoms with Crippen LogP contribution in [0.3, 0.4) is 0 Å². The molecule has 0 radical (unpaired) electrons. The minimum absolute atomic E-state index is 0.114. The molecule has 1 aliphatic rings. The lowest BCUT2D eigenvalue weighted by Crippen LogP contribution is -2.46. The highest BCUT2D eigenvalue weighted by molar-refractivity contribution is 7.89. The summed E-state index contributed by atoms with van der Waals surface area (Å²) < 4.78 is 39.0. The fourth-order valence-corrected chi connectivity index (χ4v) is 4.07. The summed E-state index contributed by atoms with van der Waals surface area (Å²) in [6, 6.07) is 2.93. The largest absolute Gasteiger partial charge is 0.550 e. The van der Waals surface area contributed by atoms with Crippen LogP contribution in [0.25, 0.3) is 0 Å². The van der Waals surface area contributed by atoms with E-state index < -0.39 is 46.3 Å². The second kappa shape index (κ2) is 7.24. The molecule has 1 aliphatic heterocycles. The van der Waals surface area contributed by atoms with Crippen molar-refractivity contribution in [1.29, 1.82) is 0 Å². The van der Waals surface area contributed by atoms with E-state index in [2.05, 4.69) is 5.32 Å². The van der Waals surface area contributed by atoms with Gasteiger partial charge in [0.2, 0.25) is 15.9 Å². The van der Waals surface area contributed by atoms with Crippen LogP contribution < -0.4 is 10.4 Å². The van der Waals surface area contributed by atoms with Crippen LogP contribution in [0.2, 0.25) is 0 Å². The number of rotatable bonds is 6. The van der Waals surface area contributed by atoms with Gasteiger partial charge in [-0.3, -0.25) is 4.79 Å². The Labute approximate surface area is 137 Å². The van der Waals surface area contributed by atoms with Crippen molar-refractivity contribution < 1.29 is 32.6 Å². The fraction of sp³-hybridized carbons (Fsp3) is 0.429. The van der Waals surface area contributed by atoms with E-state index >= 15 is 0 Å². The van der Waals surface area contributed by atoms with Crippen LogP contribution in [0.4, 0.5) is 4.39 Å². The van der Waals surface area contributed by atoms with Crippen LogP contribution in [0.1, 0.15) is 12.8 Å². The van der Waals surface area contributed by atoms with E-state index in [1.807, 2.05) is 0 Å². The first-order valence-electron chi connectivity index (χ1n) is 7.15.